The van der Waals surface area contributed by atoms with Crippen molar-refractivity contribution in [2.45, 2.75) is 20.3 Å². The predicted octanol–water partition coefficient (Wildman–Crippen LogP) is 1.48. The number of aromatic nitrogens is 4. The Bertz CT molecular complexity index is 642. The second-order valence-corrected chi connectivity index (χ2v) is 4.36. The summed E-state index contributed by atoms with van der Waals surface area (Å²) in [6.07, 6.45) is 1.82. The fraction of sp³-hybridized carbons (Fsp3) is 0.462. The van der Waals surface area contributed by atoms with Crippen LogP contribution in [0, 0.1) is 0 Å². The van der Waals surface area contributed by atoms with Gasteiger partial charge in [0.05, 0.1) is 12.8 Å². The summed E-state index contributed by atoms with van der Waals surface area (Å²) < 4.78 is 5.49. The molecule has 2 aromatic heterocycles. The van der Waals surface area contributed by atoms with E-state index in [1.54, 1.807) is 11.8 Å². The van der Waals surface area contributed by atoms with Crippen LogP contribution in [0.2, 0.25) is 0 Å². The van der Waals surface area contributed by atoms with Gasteiger partial charge in [-0.25, -0.2) is 9.97 Å². The van der Waals surface area contributed by atoms with Crippen molar-refractivity contribution in [3.8, 4) is 5.88 Å². The van der Waals surface area contributed by atoms with Crippen LogP contribution in [0.15, 0.2) is 6.20 Å². The van der Waals surface area contributed by atoms with Gasteiger partial charge in [-0.2, -0.15) is 9.97 Å². The van der Waals surface area contributed by atoms with Crippen LogP contribution in [0.5, 0.6) is 5.88 Å². The molecule has 0 amide bonds. The molecule has 0 saturated heterocycles. The van der Waals surface area contributed by atoms with E-state index in [0.717, 1.165) is 0 Å². The van der Waals surface area contributed by atoms with E-state index in [4.69, 9.17) is 4.74 Å². The maximum atomic E-state index is 11.7. The summed E-state index contributed by atoms with van der Waals surface area (Å²) in [5.74, 6) is 0.766. The van der Waals surface area contributed by atoms with Gasteiger partial charge < -0.3 is 9.64 Å². The highest BCUT2D eigenvalue weighted by atomic mass is 16.5. The summed E-state index contributed by atoms with van der Waals surface area (Å²) in [7, 11) is 3.67. The zero-order chi connectivity index (χ0) is 14.7. The minimum absolute atomic E-state index is 0.0708. The van der Waals surface area contributed by atoms with Crippen LogP contribution in [0.25, 0.3) is 11.2 Å². The first-order valence-corrected chi connectivity index (χ1v) is 6.44. The lowest BCUT2D eigenvalue weighted by molar-refractivity contribution is 0.0983. The second kappa shape index (κ2) is 5.77. The quantitative estimate of drug-likeness (QED) is 0.764. The minimum Gasteiger partial charge on any atom is -0.476 e. The van der Waals surface area contributed by atoms with E-state index in [2.05, 4.69) is 19.9 Å². The number of ether oxygens (including phenoxy) is 1. The van der Waals surface area contributed by atoms with Crippen molar-refractivity contribution in [1.82, 2.24) is 19.9 Å². The van der Waals surface area contributed by atoms with E-state index < -0.39 is 0 Å². The number of Topliss-reactive ketones (excluding diaryl/α,β-unsaturated/α-hetero) is 1. The summed E-state index contributed by atoms with van der Waals surface area (Å²) in [4.78, 5) is 30.5. The lowest BCUT2D eigenvalue weighted by Gasteiger charge is -2.13. The Morgan fingerprint density at radius 2 is 2.00 bits per heavy atom. The van der Waals surface area contributed by atoms with E-state index in [9.17, 15) is 4.79 Å². The Labute approximate surface area is 117 Å². The third kappa shape index (κ3) is 2.66. The number of carbonyl (C=O) groups is 1. The fourth-order valence-electron chi connectivity index (χ4n) is 1.62. The summed E-state index contributed by atoms with van der Waals surface area (Å²) >= 11 is 0. The molecule has 106 valence electrons. The third-order valence-corrected chi connectivity index (χ3v) is 2.65. The number of anilines is 1. The van der Waals surface area contributed by atoms with Gasteiger partial charge in [-0.3, -0.25) is 4.79 Å². The molecule has 0 aromatic carbocycles. The highest BCUT2D eigenvalue weighted by Gasteiger charge is 2.15. The standard InChI is InChI=1S/C13H17N5O2/c1-5-9(19)8-7-14-11-10(15-8)12(20-6-2)17-13(16-11)18(3)4/h7H,5-6H2,1-4H3. The molecule has 2 rings (SSSR count). The van der Waals surface area contributed by atoms with Crippen molar-refractivity contribution >= 4 is 22.9 Å². The molecule has 0 N–H and O–H groups in total. The zero-order valence-corrected chi connectivity index (χ0v) is 12.0. The summed E-state index contributed by atoms with van der Waals surface area (Å²) in [5.41, 5.74) is 1.14. The zero-order valence-electron chi connectivity index (χ0n) is 12.0. The molecule has 0 aliphatic carbocycles. The molecule has 0 unspecified atom stereocenters. The van der Waals surface area contributed by atoms with Gasteiger partial charge in [0.1, 0.15) is 5.69 Å². The molecule has 0 atom stereocenters. The molecule has 0 fully saturated rings. The monoisotopic (exact) mass is 275 g/mol. The number of hydrogen-bond acceptors (Lipinski definition) is 7. The van der Waals surface area contributed by atoms with Gasteiger partial charge in [-0.15, -0.1) is 0 Å². The normalized spacial score (nSPS) is 10.6. The first-order valence-electron chi connectivity index (χ1n) is 6.44. The molecule has 20 heavy (non-hydrogen) atoms. The van der Waals surface area contributed by atoms with Gasteiger partial charge in [-0.05, 0) is 6.92 Å². The topological polar surface area (TPSA) is 81.1 Å². The van der Waals surface area contributed by atoms with Crippen molar-refractivity contribution in [2.24, 2.45) is 0 Å². The smallest absolute Gasteiger partial charge is 0.247 e. The molecule has 7 heteroatoms. The lowest BCUT2D eigenvalue weighted by atomic mass is 10.2. The molecule has 0 bridgehead atoms. The average molecular weight is 275 g/mol. The van der Waals surface area contributed by atoms with E-state index in [-0.39, 0.29) is 5.78 Å². The first kappa shape index (κ1) is 14.1. The highest BCUT2D eigenvalue weighted by Crippen LogP contribution is 2.22. The molecule has 2 heterocycles. The number of carbonyl (C=O) groups excluding carboxylic acids is 1. The van der Waals surface area contributed by atoms with Crippen LogP contribution in [-0.4, -0.2) is 46.4 Å². The number of hydrogen-bond donors (Lipinski definition) is 0. The van der Waals surface area contributed by atoms with E-state index in [0.29, 0.717) is 41.7 Å². The third-order valence-electron chi connectivity index (χ3n) is 2.65. The van der Waals surface area contributed by atoms with Crippen LogP contribution in [0.1, 0.15) is 30.8 Å². The first-order chi connectivity index (χ1) is 9.56. The Balaban J connectivity index is 2.63. The molecule has 0 spiro atoms. The number of rotatable bonds is 5. The van der Waals surface area contributed by atoms with E-state index in [1.165, 1.54) is 6.20 Å². The molecule has 0 aliphatic rings. The van der Waals surface area contributed by atoms with Crippen molar-refractivity contribution in [2.75, 3.05) is 25.6 Å². The average Bonchev–Trinajstić information content (AvgIpc) is 2.46. The molecule has 0 aliphatic heterocycles. The maximum absolute atomic E-state index is 11.7. The second-order valence-electron chi connectivity index (χ2n) is 4.36. The van der Waals surface area contributed by atoms with E-state index in [1.807, 2.05) is 21.0 Å². The Kier molecular flexibility index (Phi) is 4.07. The maximum Gasteiger partial charge on any atom is 0.247 e. The Morgan fingerprint density at radius 1 is 1.25 bits per heavy atom. The Morgan fingerprint density at radius 3 is 2.60 bits per heavy atom. The number of fused-ring (bicyclic) bond motifs is 1. The van der Waals surface area contributed by atoms with Crippen LogP contribution in [0.3, 0.4) is 0 Å². The summed E-state index contributed by atoms with van der Waals surface area (Å²) in [6, 6.07) is 0. The Hall–Kier alpha value is -2.31. The highest BCUT2D eigenvalue weighted by molar-refractivity contribution is 5.95. The van der Waals surface area contributed by atoms with Crippen molar-refractivity contribution in [1.29, 1.82) is 0 Å². The van der Waals surface area contributed by atoms with Gasteiger partial charge >= 0.3 is 0 Å². The van der Waals surface area contributed by atoms with Gasteiger partial charge in [-0.1, -0.05) is 6.92 Å². The van der Waals surface area contributed by atoms with E-state index >= 15 is 0 Å². The van der Waals surface area contributed by atoms with Crippen molar-refractivity contribution in [3.05, 3.63) is 11.9 Å². The molecule has 0 saturated carbocycles. The van der Waals surface area contributed by atoms with Crippen LogP contribution in [0.4, 0.5) is 5.95 Å². The summed E-state index contributed by atoms with van der Waals surface area (Å²) in [6.45, 7) is 4.09. The SMILES string of the molecule is CCOc1nc(N(C)C)nc2ncc(C(=O)CC)nc12. The molecule has 0 radical (unpaired) electrons. The van der Waals surface area contributed by atoms with Gasteiger partial charge in [0.25, 0.3) is 0 Å². The largest absolute Gasteiger partial charge is 0.476 e. The van der Waals surface area contributed by atoms with Crippen LogP contribution >= 0.6 is 0 Å². The van der Waals surface area contributed by atoms with Crippen molar-refractivity contribution < 1.29 is 9.53 Å². The summed E-state index contributed by atoms with van der Waals surface area (Å²) in [5, 5.41) is 0. The van der Waals surface area contributed by atoms with Crippen LogP contribution < -0.4 is 9.64 Å². The molecule has 2 aromatic rings. The van der Waals surface area contributed by atoms with Crippen molar-refractivity contribution in [3.63, 3.8) is 0 Å². The predicted molar refractivity (Wildman–Crippen MR) is 75.2 cm³/mol. The lowest BCUT2D eigenvalue weighted by Crippen LogP contribution is -2.14. The number of ketones is 1. The van der Waals surface area contributed by atoms with Gasteiger partial charge in [0.2, 0.25) is 11.8 Å². The van der Waals surface area contributed by atoms with Gasteiger partial charge in [0, 0.05) is 20.5 Å². The molecular weight excluding hydrogens is 258 g/mol. The van der Waals surface area contributed by atoms with Gasteiger partial charge in [0.15, 0.2) is 16.9 Å². The molecule has 7 nitrogen and oxygen atoms in total. The number of nitrogens with zero attached hydrogens (tertiary/aromatic N) is 5. The molecular formula is C13H17N5O2. The minimum atomic E-state index is -0.0708. The fourth-order valence-corrected chi connectivity index (χ4v) is 1.62. The van der Waals surface area contributed by atoms with Crippen LogP contribution in [-0.2, 0) is 0 Å².